The molecule has 1 saturated heterocycles. The SMILES string of the molecule is Cc1ccc(C)c(C(C)NC(=O)CSC2CCNCC2)c1. The largest absolute Gasteiger partial charge is 0.349 e. The third-order valence-electron chi connectivity index (χ3n) is 4.02. The third-order valence-corrected chi connectivity index (χ3v) is 5.39. The highest BCUT2D eigenvalue weighted by molar-refractivity contribution is 8.00. The van der Waals surface area contributed by atoms with E-state index < -0.39 is 0 Å². The molecule has 1 unspecified atom stereocenters. The Bertz CT molecular complexity index is 484. The highest BCUT2D eigenvalue weighted by Gasteiger charge is 2.16. The highest BCUT2D eigenvalue weighted by atomic mass is 32.2. The lowest BCUT2D eigenvalue weighted by Gasteiger charge is -2.22. The maximum absolute atomic E-state index is 12.1. The summed E-state index contributed by atoms with van der Waals surface area (Å²) in [4.78, 5) is 12.1. The maximum atomic E-state index is 12.1. The van der Waals surface area contributed by atoms with Crippen molar-refractivity contribution in [2.75, 3.05) is 18.8 Å². The van der Waals surface area contributed by atoms with Crippen LogP contribution in [0.1, 0.15) is 42.5 Å². The molecule has 0 radical (unpaired) electrons. The molecule has 1 fully saturated rings. The number of hydrogen-bond acceptors (Lipinski definition) is 3. The van der Waals surface area contributed by atoms with Crippen LogP contribution in [-0.2, 0) is 4.79 Å². The van der Waals surface area contributed by atoms with Gasteiger partial charge in [-0.2, -0.15) is 0 Å². The average molecular weight is 306 g/mol. The van der Waals surface area contributed by atoms with Crippen LogP contribution in [0.15, 0.2) is 18.2 Å². The molecule has 2 rings (SSSR count). The zero-order chi connectivity index (χ0) is 15.2. The Morgan fingerprint density at radius 2 is 2.10 bits per heavy atom. The fraction of sp³-hybridized carbons (Fsp3) is 0.588. The van der Waals surface area contributed by atoms with Crippen molar-refractivity contribution in [2.45, 2.75) is 44.9 Å². The highest BCUT2D eigenvalue weighted by Crippen LogP contribution is 2.21. The summed E-state index contributed by atoms with van der Waals surface area (Å²) in [6.07, 6.45) is 2.34. The topological polar surface area (TPSA) is 41.1 Å². The van der Waals surface area contributed by atoms with Crippen molar-refractivity contribution in [2.24, 2.45) is 0 Å². The van der Waals surface area contributed by atoms with Gasteiger partial charge in [0.05, 0.1) is 11.8 Å². The molecular formula is C17H26N2OS. The molecule has 1 atom stereocenters. The first-order valence-corrected chi connectivity index (χ1v) is 8.80. The van der Waals surface area contributed by atoms with Gasteiger partial charge in [0.15, 0.2) is 0 Å². The van der Waals surface area contributed by atoms with E-state index in [0.717, 1.165) is 13.1 Å². The summed E-state index contributed by atoms with van der Waals surface area (Å²) < 4.78 is 0. The molecule has 1 heterocycles. The lowest BCUT2D eigenvalue weighted by Crippen LogP contribution is -2.32. The minimum absolute atomic E-state index is 0.0750. The van der Waals surface area contributed by atoms with Crippen LogP contribution in [0, 0.1) is 13.8 Å². The van der Waals surface area contributed by atoms with Gasteiger partial charge in [0.2, 0.25) is 5.91 Å². The zero-order valence-electron chi connectivity index (χ0n) is 13.2. The number of amides is 1. The van der Waals surface area contributed by atoms with Crippen LogP contribution >= 0.6 is 11.8 Å². The summed E-state index contributed by atoms with van der Waals surface area (Å²) in [5.41, 5.74) is 3.69. The number of carbonyl (C=O) groups excluding carboxylic acids is 1. The first kappa shape index (κ1) is 16.4. The monoisotopic (exact) mass is 306 g/mol. The van der Waals surface area contributed by atoms with Gasteiger partial charge < -0.3 is 10.6 Å². The molecule has 3 nitrogen and oxygen atoms in total. The Hall–Kier alpha value is -1.00. The van der Waals surface area contributed by atoms with Gasteiger partial charge in [0, 0.05) is 5.25 Å². The first-order valence-electron chi connectivity index (χ1n) is 7.75. The number of aryl methyl sites for hydroxylation is 2. The normalized spacial score (nSPS) is 17.5. The Kier molecular flexibility index (Phi) is 6.12. The lowest BCUT2D eigenvalue weighted by atomic mass is 10.00. The van der Waals surface area contributed by atoms with Crippen LogP contribution in [0.3, 0.4) is 0 Å². The molecule has 1 amide bonds. The summed E-state index contributed by atoms with van der Waals surface area (Å²) in [7, 11) is 0. The molecule has 0 spiro atoms. The van der Waals surface area contributed by atoms with Gasteiger partial charge in [-0.15, -0.1) is 11.8 Å². The molecule has 1 aliphatic rings. The average Bonchev–Trinajstić information content (AvgIpc) is 2.48. The fourth-order valence-electron chi connectivity index (χ4n) is 2.74. The second-order valence-electron chi connectivity index (χ2n) is 5.91. The van der Waals surface area contributed by atoms with Crippen LogP contribution in [-0.4, -0.2) is 30.0 Å². The Morgan fingerprint density at radius 3 is 2.81 bits per heavy atom. The number of piperidine rings is 1. The number of carbonyl (C=O) groups is 1. The fourth-order valence-corrected chi connectivity index (χ4v) is 3.78. The molecule has 0 bridgehead atoms. The summed E-state index contributed by atoms with van der Waals surface area (Å²) in [5, 5.41) is 7.11. The van der Waals surface area contributed by atoms with Crippen molar-refractivity contribution in [1.29, 1.82) is 0 Å². The number of hydrogen-bond donors (Lipinski definition) is 2. The van der Waals surface area contributed by atoms with Crippen LogP contribution in [0.5, 0.6) is 0 Å². The van der Waals surface area contributed by atoms with Gasteiger partial charge in [0.25, 0.3) is 0 Å². The summed E-state index contributed by atoms with van der Waals surface area (Å²) in [6, 6.07) is 6.48. The van der Waals surface area contributed by atoms with Crippen LogP contribution < -0.4 is 10.6 Å². The second kappa shape index (κ2) is 7.85. The Labute approximate surface area is 132 Å². The molecule has 0 aromatic heterocycles. The van der Waals surface area contributed by atoms with E-state index in [9.17, 15) is 4.79 Å². The second-order valence-corrected chi connectivity index (χ2v) is 7.20. The standard InChI is InChI=1S/C17H26N2OS/c1-12-4-5-13(2)16(10-12)14(3)19-17(20)11-21-15-6-8-18-9-7-15/h4-5,10,14-15,18H,6-9,11H2,1-3H3,(H,19,20). The van der Waals surface area contributed by atoms with Gasteiger partial charge >= 0.3 is 0 Å². The van der Waals surface area contributed by atoms with E-state index in [1.54, 1.807) is 11.8 Å². The maximum Gasteiger partial charge on any atom is 0.230 e. The Balaban J connectivity index is 1.82. The zero-order valence-corrected chi connectivity index (χ0v) is 14.1. The third kappa shape index (κ3) is 5.04. The van der Waals surface area contributed by atoms with E-state index in [1.807, 2.05) is 0 Å². The molecular weight excluding hydrogens is 280 g/mol. The van der Waals surface area contributed by atoms with Gasteiger partial charge in [-0.1, -0.05) is 23.8 Å². The molecule has 116 valence electrons. The van der Waals surface area contributed by atoms with Crippen LogP contribution in [0.2, 0.25) is 0 Å². The Morgan fingerprint density at radius 1 is 1.38 bits per heavy atom. The van der Waals surface area contributed by atoms with Crippen molar-refractivity contribution in [3.05, 3.63) is 34.9 Å². The predicted octanol–water partition coefficient (Wildman–Crippen LogP) is 2.97. The minimum atomic E-state index is 0.0750. The number of thioether (sulfide) groups is 1. The molecule has 0 aliphatic carbocycles. The summed E-state index contributed by atoms with van der Waals surface area (Å²) >= 11 is 1.80. The van der Waals surface area contributed by atoms with E-state index >= 15 is 0 Å². The quantitative estimate of drug-likeness (QED) is 0.879. The molecule has 0 saturated carbocycles. The van der Waals surface area contributed by atoms with Crippen molar-refractivity contribution in [1.82, 2.24) is 10.6 Å². The molecule has 2 N–H and O–H groups in total. The minimum Gasteiger partial charge on any atom is -0.349 e. The van der Waals surface area contributed by atoms with Crippen LogP contribution in [0.4, 0.5) is 0 Å². The molecule has 1 aromatic rings. The first-order chi connectivity index (χ1) is 10.1. The van der Waals surface area contributed by atoms with Crippen molar-refractivity contribution >= 4 is 17.7 Å². The van der Waals surface area contributed by atoms with E-state index in [-0.39, 0.29) is 11.9 Å². The van der Waals surface area contributed by atoms with Gasteiger partial charge in [-0.3, -0.25) is 4.79 Å². The van der Waals surface area contributed by atoms with Gasteiger partial charge in [0.1, 0.15) is 0 Å². The molecule has 1 aromatic carbocycles. The van der Waals surface area contributed by atoms with E-state index in [1.165, 1.54) is 29.5 Å². The van der Waals surface area contributed by atoms with Crippen LogP contribution in [0.25, 0.3) is 0 Å². The summed E-state index contributed by atoms with van der Waals surface area (Å²) in [5.74, 6) is 0.715. The molecule has 1 aliphatic heterocycles. The van der Waals surface area contributed by atoms with E-state index in [0.29, 0.717) is 11.0 Å². The van der Waals surface area contributed by atoms with Gasteiger partial charge in [-0.25, -0.2) is 0 Å². The van der Waals surface area contributed by atoms with E-state index in [4.69, 9.17) is 0 Å². The van der Waals surface area contributed by atoms with Crippen molar-refractivity contribution in [3.63, 3.8) is 0 Å². The smallest absolute Gasteiger partial charge is 0.230 e. The predicted molar refractivity (Wildman–Crippen MR) is 90.8 cm³/mol. The number of rotatable bonds is 5. The van der Waals surface area contributed by atoms with Crippen molar-refractivity contribution < 1.29 is 4.79 Å². The number of benzene rings is 1. The lowest BCUT2D eigenvalue weighted by molar-refractivity contribution is -0.119. The van der Waals surface area contributed by atoms with Crippen molar-refractivity contribution in [3.8, 4) is 0 Å². The van der Waals surface area contributed by atoms with E-state index in [2.05, 4.69) is 49.6 Å². The molecule has 21 heavy (non-hydrogen) atoms. The number of nitrogens with one attached hydrogen (secondary N) is 2. The van der Waals surface area contributed by atoms with Gasteiger partial charge in [-0.05, 0) is 57.8 Å². The molecule has 4 heteroatoms. The summed E-state index contributed by atoms with van der Waals surface area (Å²) in [6.45, 7) is 8.41.